The van der Waals surface area contributed by atoms with E-state index < -0.39 is 6.10 Å². The molecule has 0 aromatic heterocycles. The van der Waals surface area contributed by atoms with Crippen LogP contribution < -0.4 is 4.74 Å². The van der Waals surface area contributed by atoms with Gasteiger partial charge in [-0.2, -0.15) is 0 Å². The molecule has 2 aromatic carbocycles. The zero-order valence-electron chi connectivity index (χ0n) is 13.7. The van der Waals surface area contributed by atoms with Crippen LogP contribution in [0.5, 0.6) is 5.75 Å². The molecule has 1 atom stereocenters. The van der Waals surface area contributed by atoms with E-state index in [1.807, 2.05) is 56.4 Å². The summed E-state index contributed by atoms with van der Waals surface area (Å²) in [5.41, 5.74) is 2.31. The fourth-order valence-corrected chi connectivity index (χ4v) is 2.70. The monoisotopic (exact) mass is 309 g/mol. The summed E-state index contributed by atoms with van der Waals surface area (Å²) in [7, 11) is 1.86. The zero-order valence-corrected chi connectivity index (χ0v) is 13.7. The Balaban J connectivity index is 1.60. The van der Waals surface area contributed by atoms with Crippen LogP contribution in [0.3, 0.4) is 0 Å². The molecule has 1 unspecified atom stereocenters. The standard InChI is InChI=1S/C20H23NO2/c1-15(20(22)21(2)14-16-8-9-16)23-19-12-10-18(11-13-19)17-6-4-3-5-7-17/h3-7,10-13,15-16H,8-9,14H2,1-2H3. The SMILES string of the molecule is CC(Oc1ccc(-c2ccccc2)cc1)C(=O)N(C)CC1CC1. The predicted octanol–water partition coefficient (Wildman–Crippen LogP) is 3.99. The van der Waals surface area contributed by atoms with Crippen molar-refractivity contribution in [3.63, 3.8) is 0 Å². The first-order valence-electron chi connectivity index (χ1n) is 8.20. The second-order valence-electron chi connectivity index (χ2n) is 6.31. The van der Waals surface area contributed by atoms with Gasteiger partial charge in [-0.3, -0.25) is 4.79 Å². The van der Waals surface area contributed by atoms with Crippen LogP contribution >= 0.6 is 0 Å². The van der Waals surface area contributed by atoms with Gasteiger partial charge >= 0.3 is 0 Å². The van der Waals surface area contributed by atoms with Crippen LogP contribution in [0.2, 0.25) is 0 Å². The van der Waals surface area contributed by atoms with Gasteiger partial charge in [0.1, 0.15) is 5.75 Å². The normalized spacial score (nSPS) is 15.0. The lowest BCUT2D eigenvalue weighted by atomic mass is 10.1. The molecule has 1 fully saturated rings. The minimum atomic E-state index is -0.457. The van der Waals surface area contributed by atoms with Crippen LogP contribution in [-0.4, -0.2) is 30.5 Å². The van der Waals surface area contributed by atoms with Gasteiger partial charge in [0.15, 0.2) is 6.10 Å². The molecule has 0 aliphatic heterocycles. The van der Waals surface area contributed by atoms with E-state index >= 15 is 0 Å². The Bertz CT molecular complexity index is 647. The molecule has 3 nitrogen and oxygen atoms in total. The maximum atomic E-state index is 12.3. The van der Waals surface area contributed by atoms with Crippen LogP contribution in [0.1, 0.15) is 19.8 Å². The van der Waals surface area contributed by atoms with Crippen molar-refractivity contribution in [1.29, 1.82) is 0 Å². The first-order valence-corrected chi connectivity index (χ1v) is 8.20. The summed E-state index contributed by atoms with van der Waals surface area (Å²) in [6.07, 6.45) is 2.03. The molecule has 0 bridgehead atoms. The fraction of sp³-hybridized carbons (Fsp3) is 0.350. The number of hydrogen-bond donors (Lipinski definition) is 0. The molecule has 1 aliphatic carbocycles. The third-order valence-corrected chi connectivity index (χ3v) is 4.23. The highest BCUT2D eigenvalue weighted by Crippen LogP contribution is 2.29. The minimum Gasteiger partial charge on any atom is -0.481 e. The molecule has 0 saturated heterocycles. The Morgan fingerprint density at radius 2 is 1.70 bits per heavy atom. The maximum absolute atomic E-state index is 12.3. The summed E-state index contributed by atoms with van der Waals surface area (Å²) in [5.74, 6) is 1.47. The molecule has 1 saturated carbocycles. The number of ether oxygens (including phenoxy) is 1. The van der Waals surface area contributed by atoms with Crippen molar-refractivity contribution < 1.29 is 9.53 Å². The molecule has 2 aromatic rings. The summed E-state index contributed by atoms with van der Waals surface area (Å²) in [6.45, 7) is 2.66. The summed E-state index contributed by atoms with van der Waals surface area (Å²) in [4.78, 5) is 14.1. The number of hydrogen-bond acceptors (Lipinski definition) is 2. The van der Waals surface area contributed by atoms with Crippen LogP contribution in [0.25, 0.3) is 11.1 Å². The second-order valence-corrected chi connectivity index (χ2v) is 6.31. The Morgan fingerprint density at radius 3 is 2.30 bits per heavy atom. The molecule has 1 aliphatic rings. The largest absolute Gasteiger partial charge is 0.481 e. The molecule has 23 heavy (non-hydrogen) atoms. The summed E-state index contributed by atoms with van der Waals surface area (Å²) in [6, 6.07) is 18.1. The highest BCUT2D eigenvalue weighted by atomic mass is 16.5. The predicted molar refractivity (Wildman–Crippen MR) is 92.3 cm³/mol. The van der Waals surface area contributed by atoms with E-state index in [1.54, 1.807) is 4.90 Å². The Morgan fingerprint density at radius 1 is 1.09 bits per heavy atom. The van der Waals surface area contributed by atoms with Crippen molar-refractivity contribution in [3.05, 3.63) is 54.6 Å². The molecular formula is C20H23NO2. The van der Waals surface area contributed by atoms with E-state index in [4.69, 9.17) is 4.74 Å². The van der Waals surface area contributed by atoms with Gasteiger partial charge in [-0.05, 0) is 48.9 Å². The third kappa shape index (κ3) is 4.13. The summed E-state index contributed by atoms with van der Waals surface area (Å²) in [5, 5.41) is 0. The smallest absolute Gasteiger partial charge is 0.263 e. The number of carbonyl (C=O) groups is 1. The fourth-order valence-electron chi connectivity index (χ4n) is 2.70. The Kier molecular flexibility index (Phi) is 4.65. The highest BCUT2D eigenvalue weighted by molar-refractivity contribution is 5.80. The van der Waals surface area contributed by atoms with Crippen LogP contribution in [-0.2, 0) is 4.79 Å². The van der Waals surface area contributed by atoms with Gasteiger partial charge < -0.3 is 9.64 Å². The number of amides is 1. The molecule has 3 heteroatoms. The van der Waals surface area contributed by atoms with Crippen LogP contribution in [0.15, 0.2) is 54.6 Å². The van der Waals surface area contributed by atoms with Gasteiger partial charge in [0.2, 0.25) is 0 Å². The number of benzene rings is 2. The molecule has 3 rings (SSSR count). The molecule has 0 spiro atoms. The van der Waals surface area contributed by atoms with E-state index in [1.165, 1.54) is 18.4 Å². The molecule has 0 radical (unpaired) electrons. The number of rotatable bonds is 6. The quantitative estimate of drug-likeness (QED) is 0.807. The first kappa shape index (κ1) is 15.6. The summed E-state index contributed by atoms with van der Waals surface area (Å²) < 4.78 is 5.80. The van der Waals surface area contributed by atoms with Gasteiger partial charge in [-0.1, -0.05) is 42.5 Å². The zero-order chi connectivity index (χ0) is 16.2. The van der Waals surface area contributed by atoms with Gasteiger partial charge in [0.25, 0.3) is 5.91 Å². The topological polar surface area (TPSA) is 29.5 Å². The first-order chi connectivity index (χ1) is 11.1. The molecule has 0 N–H and O–H groups in total. The van der Waals surface area contributed by atoms with Crippen molar-refractivity contribution in [2.45, 2.75) is 25.9 Å². The Hall–Kier alpha value is -2.29. The van der Waals surface area contributed by atoms with Crippen LogP contribution in [0.4, 0.5) is 0 Å². The van der Waals surface area contributed by atoms with Crippen molar-refractivity contribution >= 4 is 5.91 Å². The lowest BCUT2D eigenvalue weighted by Crippen LogP contribution is -2.38. The Labute approximate surface area is 137 Å². The third-order valence-electron chi connectivity index (χ3n) is 4.23. The van der Waals surface area contributed by atoms with Crippen molar-refractivity contribution in [2.75, 3.05) is 13.6 Å². The minimum absolute atomic E-state index is 0.0454. The second kappa shape index (κ2) is 6.86. The molecular weight excluding hydrogens is 286 g/mol. The maximum Gasteiger partial charge on any atom is 0.263 e. The van der Waals surface area contributed by atoms with Gasteiger partial charge in [0, 0.05) is 13.6 Å². The van der Waals surface area contributed by atoms with E-state index in [0.717, 1.165) is 17.9 Å². The number of likely N-dealkylation sites (N-methyl/N-ethyl adjacent to an activating group) is 1. The average Bonchev–Trinajstić information content (AvgIpc) is 3.39. The molecule has 0 heterocycles. The lowest BCUT2D eigenvalue weighted by Gasteiger charge is -2.22. The van der Waals surface area contributed by atoms with E-state index in [2.05, 4.69) is 12.1 Å². The van der Waals surface area contributed by atoms with Crippen molar-refractivity contribution in [3.8, 4) is 16.9 Å². The number of nitrogens with zero attached hydrogens (tertiary/aromatic N) is 1. The summed E-state index contributed by atoms with van der Waals surface area (Å²) >= 11 is 0. The molecule has 120 valence electrons. The number of carbonyl (C=O) groups excluding carboxylic acids is 1. The van der Waals surface area contributed by atoms with Crippen LogP contribution in [0, 0.1) is 5.92 Å². The van der Waals surface area contributed by atoms with E-state index in [-0.39, 0.29) is 5.91 Å². The molecule has 1 amide bonds. The highest BCUT2D eigenvalue weighted by Gasteiger charge is 2.27. The average molecular weight is 309 g/mol. The lowest BCUT2D eigenvalue weighted by molar-refractivity contribution is -0.136. The van der Waals surface area contributed by atoms with Gasteiger partial charge in [0.05, 0.1) is 0 Å². The van der Waals surface area contributed by atoms with Gasteiger partial charge in [-0.15, -0.1) is 0 Å². The van der Waals surface area contributed by atoms with Crippen molar-refractivity contribution in [1.82, 2.24) is 4.90 Å². The van der Waals surface area contributed by atoms with E-state index in [9.17, 15) is 4.79 Å². The van der Waals surface area contributed by atoms with E-state index in [0.29, 0.717) is 5.92 Å². The van der Waals surface area contributed by atoms with Gasteiger partial charge in [-0.25, -0.2) is 0 Å². The van der Waals surface area contributed by atoms with Crippen molar-refractivity contribution in [2.24, 2.45) is 5.92 Å².